The molecule has 1 atom stereocenters. The first-order valence-corrected chi connectivity index (χ1v) is 9.87. The molecular weight excluding hydrogens is 380 g/mol. The van der Waals surface area contributed by atoms with Crippen molar-refractivity contribution in [2.75, 3.05) is 7.05 Å². The number of amides is 2. The van der Waals surface area contributed by atoms with E-state index in [4.69, 9.17) is 16.0 Å². The second kappa shape index (κ2) is 8.80. The number of hydrogen-bond acceptors (Lipinski definition) is 4. The molecule has 1 heterocycles. The Labute approximate surface area is 169 Å². The average Bonchev–Trinajstić information content (AvgIpc) is 3.14. The molecule has 0 saturated heterocycles. The van der Waals surface area contributed by atoms with E-state index in [0.29, 0.717) is 29.2 Å². The largest absolute Gasteiger partial charge is 0.454 e. The molecule has 2 amide bonds. The minimum Gasteiger partial charge on any atom is -0.454 e. The molecule has 3 rings (SSSR count). The number of hydrogen-bond donors (Lipinski definition) is 3. The van der Waals surface area contributed by atoms with E-state index in [1.807, 2.05) is 25.1 Å². The number of carbonyl (C=O) groups is 2. The van der Waals surface area contributed by atoms with Crippen LogP contribution in [0.3, 0.4) is 0 Å². The van der Waals surface area contributed by atoms with Crippen molar-refractivity contribution in [3.8, 4) is 0 Å². The Hall–Kier alpha value is -2.31. The number of rotatable bonds is 5. The van der Waals surface area contributed by atoms with Gasteiger partial charge in [-0.05, 0) is 37.3 Å². The molecule has 1 saturated carbocycles. The third-order valence-corrected chi connectivity index (χ3v) is 5.60. The van der Waals surface area contributed by atoms with Crippen molar-refractivity contribution < 1.29 is 19.1 Å². The molecule has 150 valence electrons. The van der Waals surface area contributed by atoms with Crippen molar-refractivity contribution in [1.29, 1.82) is 0 Å². The zero-order valence-corrected chi connectivity index (χ0v) is 16.8. The average molecular weight is 405 g/mol. The minimum atomic E-state index is -0.396. The third-order valence-electron chi connectivity index (χ3n) is 5.25. The molecule has 0 spiro atoms. The summed E-state index contributed by atoms with van der Waals surface area (Å²) in [6, 6.07) is 8.84. The maximum Gasteiger partial charge on any atom is 0.286 e. The van der Waals surface area contributed by atoms with Gasteiger partial charge in [-0.15, -0.1) is 0 Å². The molecule has 3 N–H and O–H groups in total. The Morgan fingerprint density at radius 2 is 1.86 bits per heavy atom. The van der Waals surface area contributed by atoms with E-state index < -0.39 is 5.91 Å². The molecule has 6 nitrogen and oxygen atoms in total. The number of halogens is 1. The summed E-state index contributed by atoms with van der Waals surface area (Å²) >= 11 is 6.32. The van der Waals surface area contributed by atoms with Crippen LogP contribution in [-0.2, 0) is 0 Å². The van der Waals surface area contributed by atoms with Gasteiger partial charge in [0.15, 0.2) is 5.76 Å². The lowest BCUT2D eigenvalue weighted by molar-refractivity contribution is 0.0864. The van der Waals surface area contributed by atoms with Crippen LogP contribution in [0.25, 0.3) is 0 Å². The van der Waals surface area contributed by atoms with E-state index in [-0.39, 0.29) is 29.7 Å². The molecule has 1 aliphatic rings. The Bertz CT molecular complexity index is 856. The van der Waals surface area contributed by atoms with E-state index in [9.17, 15) is 14.7 Å². The zero-order valence-electron chi connectivity index (χ0n) is 16.0. The quantitative estimate of drug-likeness (QED) is 0.711. The number of carbonyl (C=O) groups excluding carboxylic acids is 2. The zero-order chi connectivity index (χ0) is 20.3. The summed E-state index contributed by atoms with van der Waals surface area (Å²) in [6.45, 7) is 1.89. The van der Waals surface area contributed by atoms with Crippen LogP contribution in [0.2, 0.25) is 5.02 Å². The third kappa shape index (κ3) is 4.39. The van der Waals surface area contributed by atoms with Crippen LogP contribution in [0, 0.1) is 0 Å². The summed E-state index contributed by atoms with van der Waals surface area (Å²) in [5.74, 6) is -0.497. The molecule has 28 heavy (non-hydrogen) atoms. The lowest BCUT2D eigenvalue weighted by atomic mass is 9.92. The smallest absolute Gasteiger partial charge is 0.286 e. The molecule has 7 heteroatoms. The van der Waals surface area contributed by atoms with Gasteiger partial charge in [-0.1, -0.05) is 36.7 Å². The fraction of sp³-hybridized carbons (Fsp3) is 0.429. The van der Waals surface area contributed by atoms with E-state index in [1.165, 1.54) is 13.1 Å². The highest BCUT2D eigenvalue weighted by Gasteiger charge is 2.28. The van der Waals surface area contributed by atoms with Gasteiger partial charge in [-0.25, -0.2) is 0 Å². The normalized spacial score (nSPS) is 20.4. The van der Waals surface area contributed by atoms with Crippen LogP contribution in [0.4, 0.5) is 0 Å². The first-order chi connectivity index (χ1) is 13.4. The molecule has 1 aromatic carbocycles. The second-order valence-corrected chi connectivity index (χ2v) is 7.60. The van der Waals surface area contributed by atoms with Crippen LogP contribution in [-0.4, -0.2) is 36.1 Å². The van der Waals surface area contributed by atoms with Crippen LogP contribution in [0.15, 0.2) is 34.7 Å². The van der Waals surface area contributed by atoms with Gasteiger partial charge < -0.3 is 20.2 Å². The Balaban J connectivity index is 1.90. The monoisotopic (exact) mass is 404 g/mol. The summed E-state index contributed by atoms with van der Waals surface area (Å²) in [5, 5.41) is 15.8. The van der Waals surface area contributed by atoms with Crippen molar-refractivity contribution in [1.82, 2.24) is 10.6 Å². The van der Waals surface area contributed by atoms with Gasteiger partial charge in [0.2, 0.25) is 0 Å². The Morgan fingerprint density at radius 1 is 1.18 bits per heavy atom. The highest BCUT2D eigenvalue weighted by atomic mass is 35.5. The van der Waals surface area contributed by atoms with Gasteiger partial charge in [0.25, 0.3) is 11.8 Å². The van der Waals surface area contributed by atoms with Crippen molar-refractivity contribution >= 4 is 23.4 Å². The summed E-state index contributed by atoms with van der Waals surface area (Å²) in [6.07, 6.45) is 2.49. The predicted octanol–water partition coefficient (Wildman–Crippen LogP) is 3.48. The molecule has 1 fully saturated rings. The SMILES string of the molecule is CNC(=O)c1cc(C(=O)N[C@H]2CC[C@H](O)CC2)c(C(C)c2ccccc2Cl)o1. The second-order valence-electron chi connectivity index (χ2n) is 7.19. The number of aliphatic hydroxyl groups is 1. The van der Waals surface area contributed by atoms with Crippen LogP contribution >= 0.6 is 11.6 Å². The standard InChI is InChI=1S/C21H25ClN2O4/c1-12(15-5-3-4-6-17(15)22)19-16(11-18(28-19)21(27)23-2)20(26)24-13-7-9-14(25)10-8-13/h3-6,11-14,25H,7-10H2,1-2H3,(H,23,27)(H,24,26)/t12?,13-,14-. The van der Waals surface area contributed by atoms with Crippen LogP contribution in [0.5, 0.6) is 0 Å². The van der Waals surface area contributed by atoms with Gasteiger partial charge >= 0.3 is 0 Å². The van der Waals surface area contributed by atoms with Gasteiger partial charge in [-0.3, -0.25) is 9.59 Å². The Morgan fingerprint density at radius 3 is 2.50 bits per heavy atom. The number of furan rings is 1. The van der Waals surface area contributed by atoms with E-state index >= 15 is 0 Å². The topological polar surface area (TPSA) is 91.6 Å². The lowest BCUT2D eigenvalue weighted by Crippen LogP contribution is -2.38. The van der Waals surface area contributed by atoms with Crippen molar-refractivity contribution in [2.45, 2.75) is 50.7 Å². The van der Waals surface area contributed by atoms with E-state index in [0.717, 1.165) is 18.4 Å². The van der Waals surface area contributed by atoms with Crippen LogP contribution in [0.1, 0.15) is 70.8 Å². The minimum absolute atomic E-state index is 0.00211. The molecule has 1 aliphatic carbocycles. The highest BCUT2D eigenvalue weighted by Crippen LogP contribution is 2.33. The molecule has 1 aromatic heterocycles. The fourth-order valence-electron chi connectivity index (χ4n) is 3.59. The summed E-state index contributed by atoms with van der Waals surface area (Å²) in [7, 11) is 1.51. The number of aliphatic hydroxyl groups excluding tert-OH is 1. The number of nitrogens with one attached hydrogen (secondary N) is 2. The van der Waals surface area contributed by atoms with Gasteiger partial charge in [-0.2, -0.15) is 0 Å². The first-order valence-electron chi connectivity index (χ1n) is 9.49. The molecule has 0 aliphatic heterocycles. The van der Waals surface area contributed by atoms with Gasteiger partial charge in [0.05, 0.1) is 11.7 Å². The van der Waals surface area contributed by atoms with Gasteiger partial charge in [0.1, 0.15) is 5.76 Å². The Kier molecular flexibility index (Phi) is 6.42. The predicted molar refractivity (Wildman–Crippen MR) is 107 cm³/mol. The summed E-state index contributed by atoms with van der Waals surface area (Å²) < 4.78 is 5.79. The van der Waals surface area contributed by atoms with E-state index in [1.54, 1.807) is 6.07 Å². The van der Waals surface area contributed by atoms with Crippen molar-refractivity contribution in [3.05, 3.63) is 58.0 Å². The highest BCUT2D eigenvalue weighted by molar-refractivity contribution is 6.31. The van der Waals surface area contributed by atoms with Crippen LogP contribution < -0.4 is 10.6 Å². The molecular formula is C21H25ClN2O4. The number of benzene rings is 1. The van der Waals surface area contributed by atoms with Crippen molar-refractivity contribution in [3.63, 3.8) is 0 Å². The fourth-order valence-corrected chi connectivity index (χ4v) is 3.89. The summed E-state index contributed by atoms with van der Waals surface area (Å²) in [4.78, 5) is 25.0. The lowest BCUT2D eigenvalue weighted by Gasteiger charge is -2.26. The first kappa shape index (κ1) is 20.4. The molecule has 0 bridgehead atoms. The molecule has 1 unspecified atom stereocenters. The maximum absolute atomic E-state index is 13.0. The van der Waals surface area contributed by atoms with E-state index in [2.05, 4.69) is 10.6 Å². The molecule has 2 aromatic rings. The molecule has 0 radical (unpaired) electrons. The van der Waals surface area contributed by atoms with Crippen molar-refractivity contribution in [2.24, 2.45) is 0 Å². The van der Waals surface area contributed by atoms with Gasteiger partial charge in [0, 0.05) is 30.1 Å². The summed E-state index contributed by atoms with van der Waals surface area (Å²) in [5.41, 5.74) is 1.15. The maximum atomic E-state index is 13.0.